The molecule has 1 aliphatic heterocycles. The average molecular weight is 260 g/mol. The molecule has 1 aromatic rings. The molecule has 0 radical (unpaired) electrons. The second kappa shape index (κ2) is 5.74. The first-order valence-electron chi connectivity index (χ1n) is 7.11. The van der Waals surface area contributed by atoms with Gasteiger partial charge in [0.1, 0.15) is 0 Å². The first-order chi connectivity index (χ1) is 9.03. The molecule has 0 aromatic heterocycles. The highest BCUT2D eigenvalue weighted by molar-refractivity contribution is 5.75. The number of nitrogens with zero attached hydrogens (tertiary/aromatic N) is 1. The Balaban J connectivity index is 2.01. The van der Waals surface area contributed by atoms with E-state index in [1.165, 1.54) is 11.1 Å². The Morgan fingerprint density at radius 1 is 1.32 bits per heavy atom. The number of hydrogen-bond acceptors (Lipinski definition) is 2. The van der Waals surface area contributed by atoms with E-state index in [0.29, 0.717) is 13.0 Å². The van der Waals surface area contributed by atoms with Crippen molar-refractivity contribution in [3.63, 3.8) is 0 Å². The number of carbonyl (C=O) groups is 1. The Hall–Kier alpha value is -1.35. The highest BCUT2D eigenvalue weighted by Gasteiger charge is 2.29. The zero-order valence-corrected chi connectivity index (χ0v) is 12.2. The normalized spacial score (nSPS) is 15.9. The molecule has 104 valence electrons. The molecule has 0 unspecified atom stereocenters. The van der Waals surface area contributed by atoms with Gasteiger partial charge in [-0.2, -0.15) is 0 Å². The highest BCUT2D eigenvalue weighted by atomic mass is 16.1. The van der Waals surface area contributed by atoms with E-state index >= 15 is 0 Å². The van der Waals surface area contributed by atoms with E-state index < -0.39 is 0 Å². The number of hydrogen-bond donors (Lipinski definition) is 1. The fraction of sp³-hybridized carbons (Fsp3) is 0.562. The summed E-state index contributed by atoms with van der Waals surface area (Å²) in [6.45, 7) is 9.05. The summed E-state index contributed by atoms with van der Waals surface area (Å²) in [5.74, 6) is 0.130. The van der Waals surface area contributed by atoms with E-state index in [1.54, 1.807) is 0 Å². The molecule has 0 saturated carbocycles. The van der Waals surface area contributed by atoms with Gasteiger partial charge in [0.25, 0.3) is 0 Å². The largest absolute Gasteiger partial charge is 0.354 e. The van der Waals surface area contributed by atoms with Gasteiger partial charge in [-0.05, 0) is 31.4 Å². The summed E-state index contributed by atoms with van der Waals surface area (Å²) in [5, 5.41) is 3.01. The van der Waals surface area contributed by atoms with Gasteiger partial charge in [0.2, 0.25) is 5.91 Å². The minimum atomic E-state index is -0.00163. The molecule has 1 amide bonds. The zero-order chi connectivity index (χ0) is 13.9. The van der Waals surface area contributed by atoms with Gasteiger partial charge < -0.3 is 5.32 Å². The lowest BCUT2D eigenvalue weighted by atomic mass is 9.94. The number of nitrogens with one attached hydrogen (secondary N) is 1. The summed E-state index contributed by atoms with van der Waals surface area (Å²) in [6.07, 6.45) is 1.65. The molecule has 2 rings (SSSR count). The molecule has 0 spiro atoms. The molecule has 0 saturated heterocycles. The SMILES string of the molecule is CCC(=O)NCC(C)(C)N1CCc2ccccc2C1. The Morgan fingerprint density at radius 3 is 2.68 bits per heavy atom. The number of benzene rings is 1. The van der Waals surface area contributed by atoms with Gasteiger partial charge in [-0.3, -0.25) is 9.69 Å². The minimum absolute atomic E-state index is 0.00163. The Kier molecular flexibility index (Phi) is 4.25. The van der Waals surface area contributed by atoms with Crippen LogP contribution in [0.2, 0.25) is 0 Å². The van der Waals surface area contributed by atoms with E-state index in [1.807, 2.05) is 6.92 Å². The number of rotatable bonds is 4. The van der Waals surface area contributed by atoms with E-state index in [2.05, 4.69) is 48.3 Å². The lowest BCUT2D eigenvalue weighted by molar-refractivity contribution is -0.121. The molecule has 0 aliphatic carbocycles. The van der Waals surface area contributed by atoms with Crippen LogP contribution < -0.4 is 5.32 Å². The molecule has 0 bridgehead atoms. The molecule has 1 N–H and O–H groups in total. The van der Waals surface area contributed by atoms with Crippen LogP contribution in [0, 0.1) is 0 Å². The summed E-state index contributed by atoms with van der Waals surface area (Å²) >= 11 is 0. The summed E-state index contributed by atoms with van der Waals surface area (Å²) in [5.41, 5.74) is 2.88. The second-order valence-electron chi connectivity index (χ2n) is 5.88. The molecule has 3 nitrogen and oxygen atoms in total. The maximum atomic E-state index is 11.4. The minimum Gasteiger partial charge on any atom is -0.354 e. The van der Waals surface area contributed by atoms with Crippen molar-refractivity contribution in [1.82, 2.24) is 10.2 Å². The maximum Gasteiger partial charge on any atom is 0.219 e. The highest BCUT2D eigenvalue weighted by Crippen LogP contribution is 2.24. The van der Waals surface area contributed by atoms with Crippen LogP contribution in [-0.2, 0) is 17.8 Å². The first-order valence-corrected chi connectivity index (χ1v) is 7.11. The van der Waals surface area contributed by atoms with Gasteiger partial charge in [0.05, 0.1) is 0 Å². The van der Waals surface area contributed by atoms with Crippen molar-refractivity contribution < 1.29 is 4.79 Å². The lowest BCUT2D eigenvalue weighted by Crippen LogP contribution is -2.53. The van der Waals surface area contributed by atoms with Crippen LogP contribution in [0.25, 0.3) is 0 Å². The van der Waals surface area contributed by atoms with Crippen LogP contribution in [0.4, 0.5) is 0 Å². The van der Waals surface area contributed by atoms with Gasteiger partial charge in [-0.25, -0.2) is 0 Å². The Bertz CT molecular complexity index is 454. The summed E-state index contributed by atoms with van der Waals surface area (Å²) in [7, 11) is 0. The van der Waals surface area contributed by atoms with Crippen molar-refractivity contribution in [3.8, 4) is 0 Å². The average Bonchev–Trinajstić information content (AvgIpc) is 2.44. The second-order valence-corrected chi connectivity index (χ2v) is 5.88. The molecule has 1 heterocycles. The molecule has 1 aromatic carbocycles. The van der Waals surface area contributed by atoms with Gasteiger partial charge >= 0.3 is 0 Å². The van der Waals surface area contributed by atoms with E-state index in [4.69, 9.17) is 0 Å². The van der Waals surface area contributed by atoms with Crippen LogP contribution in [0.1, 0.15) is 38.3 Å². The van der Waals surface area contributed by atoms with Gasteiger partial charge in [-0.15, -0.1) is 0 Å². The van der Waals surface area contributed by atoms with Crippen LogP contribution in [-0.4, -0.2) is 29.4 Å². The standard InChI is InChI=1S/C16H24N2O/c1-4-15(19)17-12-16(2,3)18-10-9-13-7-5-6-8-14(13)11-18/h5-8H,4,9-12H2,1-3H3,(H,17,19). The zero-order valence-electron chi connectivity index (χ0n) is 12.2. The molecule has 0 atom stereocenters. The molecular weight excluding hydrogens is 236 g/mol. The summed E-state index contributed by atoms with van der Waals surface area (Å²) < 4.78 is 0. The van der Waals surface area contributed by atoms with Gasteiger partial charge in [-0.1, -0.05) is 31.2 Å². The molecule has 0 fully saturated rings. The van der Waals surface area contributed by atoms with Crippen LogP contribution in [0.15, 0.2) is 24.3 Å². The van der Waals surface area contributed by atoms with Crippen molar-refractivity contribution in [3.05, 3.63) is 35.4 Å². The molecule has 1 aliphatic rings. The van der Waals surface area contributed by atoms with Gasteiger partial charge in [0, 0.05) is 31.6 Å². The molecule has 19 heavy (non-hydrogen) atoms. The predicted molar refractivity (Wildman–Crippen MR) is 77.9 cm³/mol. The van der Waals surface area contributed by atoms with Crippen LogP contribution in [0.3, 0.4) is 0 Å². The topological polar surface area (TPSA) is 32.3 Å². The first kappa shape index (κ1) is 14.1. The Morgan fingerprint density at radius 2 is 2.00 bits per heavy atom. The van der Waals surface area contributed by atoms with Crippen LogP contribution in [0.5, 0.6) is 0 Å². The monoisotopic (exact) mass is 260 g/mol. The Labute approximate surface area is 116 Å². The van der Waals surface area contributed by atoms with Crippen molar-refractivity contribution in [2.24, 2.45) is 0 Å². The van der Waals surface area contributed by atoms with E-state index in [-0.39, 0.29) is 11.4 Å². The van der Waals surface area contributed by atoms with Crippen molar-refractivity contribution in [1.29, 1.82) is 0 Å². The van der Waals surface area contributed by atoms with Crippen molar-refractivity contribution >= 4 is 5.91 Å². The fourth-order valence-corrected chi connectivity index (χ4v) is 2.56. The summed E-state index contributed by atoms with van der Waals surface area (Å²) in [6, 6.07) is 8.65. The number of fused-ring (bicyclic) bond motifs is 1. The van der Waals surface area contributed by atoms with Crippen molar-refractivity contribution in [2.75, 3.05) is 13.1 Å². The van der Waals surface area contributed by atoms with Crippen LogP contribution >= 0.6 is 0 Å². The summed E-state index contributed by atoms with van der Waals surface area (Å²) in [4.78, 5) is 13.9. The quantitative estimate of drug-likeness (QED) is 0.901. The molecule has 3 heteroatoms. The van der Waals surface area contributed by atoms with Crippen molar-refractivity contribution in [2.45, 2.75) is 45.7 Å². The smallest absolute Gasteiger partial charge is 0.219 e. The lowest BCUT2D eigenvalue weighted by Gasteiger charge is -2.41. The van der Waals surface area contributed by atoms with Gasteiger partial charge in [0.15, 0.2) is 0 Å². The van der Waals surface area contributed by atoms with E-state index in [9.17, 15) is 4.79 Å². The maximum absolute atomic E-state index is 11.4. The molecular formula is C16H24N2O. The predicted octanol–water partition coefficient (Wildman–Crippen LogP) is 2.35. The fourth-order valence-electron chi connectivity index (χ4n) is 2.56. The van der Waals surface area contributed by atoms with E-state index in [0.717, 1.165) is 19.5 Å². The third kappa shape index (κ3) is 3.35. The third-order valence-corrected chi connectivity index (χ3v) is 4.03. The number of carbonyl (C=O) groups excluding carboxylic acids is 1. The number of amides is 1. The third-order valence-electron chi connectivity index (χ3n) is 4.03.